The van der Waals surface area contributed by atoms with Crippen LogP contribution >= 0.6 is 11.6 Å². The van der Waals surface area contributed by atoms with Gasteiger partial charge in [0.2, 0.25) is 0 Å². The zero-order valence-electron chi connectivity index (χ0n) is 8.98. The van der Waals surface area contributed by atoms with Crippen LogP contribution in [0.15, 0.2) is 18.3 Å². The first kappa shape index (κ1) is 11.6. The second kappa shape index (κ2) is 4.52. The van der Waals surface area contributed by atoms with E-state index in [9.17, 15) is 4.39 Å². The van der Waals surface area contributed by atoms with Gasteiger partial charge in [0.1, 0.15) is 11.9 Å². The molecule has 2 rings (SSSR count). The number of rotatable bonds is 2. The Bertz CT molecular complexity index is 583. The standard InChI is InChI=1S/C11H8ClFN4/c1-7-9(5-14)10(4-12)17(16-7)11-3-2-8(13)6-15-11/h2-3,6H,4H2,1H3. The predicted molar refractivity (Wildman–Crippen MR) is 60.3 cm³/mol. The molecule has 17 heavy (non-hydrogen) atoms. The molecule has 0 atom stereocenters. The highest BCUT2D eigenvalue weighted by Gasteiger charge is 2.15. The van der Waals surface area contributed by atoms with Crippen molar-refractivity contribution in [2.45, 2.75) is 12.8 Å². The van der Waals surface area contributed by atoms with E-state index >= 15 is 0 Å². The van der Waals surface area contributed by atoms with E-state index in [2.05, 4.69) is 10.1 Å². The molecule has 4 nitrogen and oxygen atoms in total. The summed E-state index contributed by atoms with van der Waals surface area (Å²) in [4.78, 5) is 3.90. The monoisotopic (exact) mass is 250 g/mol. The maximum absolute atomic E-state index is 12.8. The Morgan fingerprint density at radius 2 is 2.29 bits per heavy atom. The molecule has 0 aromatic carbocycles. The van der Waals surface area contributed by atoms with E-state index in [0.29, 0.717) is 22.8 Å². The zero-order chi connectivity index (χ0) is 12.4. The molecule has 2 aromatic rings. The first-order chi connectivity index (χ1) is 8.17. The van der Waals surface area contributed by atoms with Gasteiger partial charge >= 0.3 is 0 Å². The number of nitriles is 1. The molecule has 0 saturated carbocycles. The van der Waals surface area contributed by atoms with E-state index < -0.39 is 5.82 Å². The van der Waals surface area contributed by atoms with Crippen molar-refractivity contribution in [2.75, 3.05) is 0 Å². The van der Waals surface area contributed by atoms with Gasteiger partial charge in [-0.05, 0) is 19.1 Å². The van der Waals surface area contributed by atoms with E-state index in [1.165, 1.54) is 16.8 Å². The van der Waals surface area contributed by atoms with E-state index in [-0.39, 0.29) is 5.88 Å². The van der Waals surface area contributed by atoms with Crippen molar-refractivity contribution in [3.05, 3.63) is 41.1 Å². The van der Waals surface area contributed by atoms with Crippen LogP contribution in [0.3, 0.4) is 0 Å². The van der Waals surface area contributed by atoms with Crippen molar-refractivity contribution >= 4 is 11.6 Å². The summed E-state index contributed by atoms with van der Waals surface area (Å²) < 4.78 is 14.2. The van der Waals surface area contributed by atoms with Gasteiger partial charge in [-0.25, -0.2) is 14.1 Å². The Hall–Kier alpha value is -1.93. The van der Waals surface area contributed by atoms with E-state index in [4.69, 9.17) is 16.9 Å². The topological polar surface area (TPSA) is 54.5 Å². The summed E-state index contributed by atoms with van der Waals surface area (Å²) in [5.41, 5.74) is 1.58. The van der Waals surface area contributed by atoms with Crippen LogP contribution in [0.1, 0.15) is 17.0 Å². The van der Waals surface area contributed by atoms with E-state index in [0.717, 1.165) is 6.20 Å². The number of hydrogen-bond acceptors (Lipinski definition) is 3. The van der Waals surface area contributed by atoms with Crippen LogP contribution in [0, 0.1) is 24.1 Å². The highest BCUT2D eigenvalue weighted by atomic mass is 35.5. The van der Waals surface area contributed by atoms with Crippen molar-refractivity contribution in [3.8, 4) is 11.9 Å². The normalized spacial score (nSPS) is 10.2. The maximum Gasteiger partial charge on any atom is 0.153 e. The Morgan fingerprint density at radius 3 is 2.82 bits per heavy atom. The lowest BCUT2D eigenvalue weighted by Crippen LogP contribution is -2.03. The number of hydrogen-bond donors (Lipinski definition) is 0. The average Bonchev–Trinajstić information content (AvgIpc) is 2.66. The maximum atomic E-state index is 12.8. The van der Waals surface area contributed by atoms with Crippen LogP contribution in [0.2, 0.25) is 0 Å². The molecule has 0 aliphatic carbocycles. The summed E-state index contributed by atoms with van der Waals surface area (Å²) in [6, 6.07) is 4.81. The van der Waals surface area contributed by atoms with Gasteiger partial charge in [-0.3, -0.25) is 0 Å². The molecular weight excluding hydrogens is 243 g/mol. The smallest absolute Gasteiger partial charge is 0.153 e. The Morgan fingerprint density at radius 1 is 1.53 bits per heavy atom. The van der Waals surface area contributed by atoms with Crippen LogP contribution in [-0.2, 0) is 5.88 Å². The Balaban J connectivity index is 2.60. The third-order valence-electron chi connectivity index (χ3n) is 2.32. The molecule has 0 amide bonds. The number of alkyl halides is 1. The fraction of sp³-hybridized carbons (Fsp3) is 0.182. The average molecular weight is 251 g/mol. The summed E-state index contributed by atoms with van der Waals surface area (Å²) >= 11 is 5.80. The van der Waals surface area contributed by atoms with Gasteiger partial charge in [-0.15, -0.1) is 11.6 Å². The summed E-state index contributed by atoms with van der Waals surface area (Å²) in [6.45, 7) is 1.72. The third-order valence-corrected chi connectivity index (χ3v) is 2.58. The van der Waals surface area contributed by atoms with E-state index in [1.54, 1.807) is 6.92 Å². The summed E-state index contributed by atoms with van der Waals surface area (Å²) in [6.07, 6.45) is 1.09. The summed E-state index contributed by atoms with van der Waals surface area (Å²) in [5, 5.41) is 13.2. The number of pyridine rings is 1. The van der Waals surface area contributed by atoms with Crippen LogP contribution in [0.25, 0.3) is 5.82 Å². The number of nitrogens with zero attached hydrogens (tertiary/aromatic N) is 4. The van der Waals surface area contributed by atoms with Crippen molar-refractivity contribution in [2.24, 2.45) is 0 Å². The largest absolute Gasteiger partial charge is 0.234 e. The van der Waals surface area contributed by atoms with Gasteiger partial charge in [0.25, 0.3) is 0 Å². The fourth-order valence-electron chi connectivity index (χ4n) is 1.53. The number of halogens is 2. The van der Waals surface area contributed by atoms with E-state index in [1.807, 2.05) is 6.07 Å². The van der Waals surface area contributed by atoms with Crippen LogP contribution in [-0.4, -0.2) is 14.8 Å². The molecular formula is C11H8ClFN4. The molecule has 2 heterocycles. The molecule has 0 unspecified atom stereocenters. The van der Waals surface area contributed by atoms with Crippen molar-refractivity contribution < 1.29 is 4.39 Å². The van der Waals surface area contributed by atoms with Gasteiger partial charge < -0.3 is 0 Å². The van der Waals surface area contributed by atoms with Crippen molar-refractivity contribution in [1.82, 2.24) is 14.8 Å². The predicted octanol–water partition coefficient (Wildman–Crippen LogP) is 2.33. The van der Waals surface area contributed by atoms with Gasteiger partial charge in [0.15, 0.2) is 5.82 Å². The molecule has 0 aliphatic heterocycles. The molecule has 0 bridgehead atoms. The molecule has 0 radical (unpaired) electrons. The van der Waals surface area contributed by atoms with Crippen LogP contribution in [0.5, 0.6) is 0 Å². The molecule has 0 fully saturated rings. The molecule has 86 valence electrons. The molecule has 2 aromatic heterocycles. The molecule has 0 spiro atoms. The second-order valence-corrected chi connectivity index (χ2v) is 3.67. The van der Waals surface area contributed by atoms with Crippen LogP contribution in [0.4, 0.5) is 4.39 Å². The lowest BCUT2D eigenvalue weighted by Gasteiger charge is -2.03. The quantitative estimate of drug-likeness (QED) is 0.769. The van der Waals surface area contributed by atoms with Crippen LogP contribution < -0.4 is 0 Å². The summed E-state index contributed by atoms with van der Waals surface area (Å²) in [5.74, 6) is 0.153. The van der Waals surface area contributed by atoms with Crippen molar-refractivity contribution in [3.63, 3.8) is 0 Å². The molecule has 0 N–H and O–H groups in total. The number of aryl methyl sites for hydroxylation is 1. The van der Waals surface area contributed by atoms with Gasteiger partial charge in [-0.2, -0.15) is 10.4 Å². The molecule has 6 heteroatoms. The fourth-order valence-corrected chi connectivity index (χ4v) is 1.77. The highest BCUT2D eigenvalue weighted by molar-refractivity contribution is 6.17. The SMILES string of the molecule is Cc1nn(-c2ccc(F)cn2)c(CCl)c1C#N. The highest BCUT2D eigenvalue weighted by Crippen LogP contribution is 2.18. The Kier molecular flexibility index (Phi) is 3.07. The van der Waals surface area contributed by atoms with Crippen molar-refractivity contribution in [1.29, 1.82) is 5.26 Å². The summed E-state index contributed by atoms with van der Waals surface area (Å²) in [7, 11) is 0. The zero-order valence-corrected chi connectivity index (χ0v) is 9.74. The molecule has 0 saturated heterocycles. The minimum absolute atomic E-state index is 0.142. The van der Waals surface area contributed by atoms with Gasteiger partial charge in [0, 0.05) is 0 Å². The minimum Gasteiger partial charge on any atom is -0.234 e. The Labute approximate surface area is 102 Å². The minimum atomic E-state index is -0.425. The second-order valence-electron chi connectivity index (χ2n) is 3.40. The molecule has 0 aliphatic rings. The number of aromatic nitrogens is 3. The lowest BCUT2D eigenvalue weighted by molar-refractivity contribution is 0.618. The first-order valence-corrected chi connectivity index (χ1v) is 5.37. The first-order valence-electron chi connectivity index (χ1n) is 4.84. The third kappa shape index (κ3) is 1.99. The van der Waals surface area contributed by atoms with Gasteiger partial charge in [-0.1, -0.05) is 0 Å². The lowest BCUT2D eigenvalue weighted by atomic mass is 10.2. The van der Waals surface area contributed by atoms with Gasteiger partial charge in [0.05, 0.1) is 29.0 Å².